The largest absolute Gasteiger partial charge is 0.320 e. The first-order valence-electron chi connectivity index (χ1n) is 8.61. The number of rotatable bonds is 6. The summed E-state index contributed by atoms with van der Waals surface area (Å²) in [5.41, 5.74) is 7.28. The Labute approximate surface area is 164 Å². The Morgan fingerprint density at radius 3 is 2.50 bits per heavy atom. The van der Waals surface area contributed by atoms with Gasteiger partial charge >= 0.3 is 0 Å². The van der Waals surface area contributed by atoms with Crippen LogP contribution >= 0.6 is 46.4 Å². The molecule has 7 atom stereocenters. The summed E-state index contributed by atoms with van der Waals surface area (Å²) in [5, 5.41) is 3.44. The summed E-state index contributed by atoms with van der Waals surface area (Å²) in [4.78, 5) is 11.6. The maximum atomic E-state index is 11.6. The van der Waals surface area contributed by atoms with Crippen LogP contribution in [0, 0.1) is 5.92 Å². The lowest BCUT2D eigenvalue weighted by molar-refractivity contribution is -0.113. The molecule has 138 valence electrons. The van der Waals surface area contributed by atoms with Crippen molar-refractivity contribution in [3.8, 4) is 0 Å². The highest BCUT2D eigenvalue weighted by Crippen LogP contribution is 2.32. The van der Waals surface area contributed by atoms with Gasteiger partial charge in [-0.1, -0.05) is 18.6 Å². The number of nitrogens with two attached hydrogens (primary N) is 1. The highest BCUT2D eigenvalue weighted by molar-refractivity contribution is 6.64. The number of halogens is 4. The third-order valence-electron chi connectivity index (χ3n) is 5.24. The summed E-state index contributed by atoms with van der Waals surface area (Å²) in [6.45, 7) is 1.96. The molecule has 0 spiro atoms. The van der Waals surface area contributed by atoms with Crippen molar-refractivity contribution < 1.29 is 4.79 Å². The number of carbonyl (C=O) groups excluding carboxylic acids is 1. The molecule has 2 aliphatic rings. The van der Waals surface area contributed by atoms with Crippen molar-refractivity contribution in [2.75, 3.05) is 0 Å². The number of alkyl halides is 3. The van der Waals surface area contributed by atoms with Gasteiger partial charge in [0.25, 0.3) is 0 Å². The first-order chi connectivity index (χ1) is 11.3. The Balaban J connectivity index is 2.14. The molecule has 0 heterocycles. The third-order valence-corrected chi connectivity index (χ3v) is 6.76. The van der Waals surface area contributed by atoms with Gasteiger partial charge in [-0.3, -0.25) is 4.79 Å². The summed E-state index contributed by atoms with van der Waals surface area (Å²) in [6, 6.07) is -0.580. The van der Waals surface area contributed by atoms with Gasteiger partial charge in [-0.25, -0.2) is 0 Å². The molecular formula is C17H26Cl4N2O. The van der Waals surface area contributed by atoms with Crippen molar-refractivity contribution in [2.45, 2.75) is 79.7 Å². The maximum Gasteiger partial charge on any atom is 0.238 e. The van der Waals surface area contributed by atoms with E-state index in [4.69, 9.17) is 52.1 Å². The van der Waals surface area contributed by atoms with Crippen molar-refractivity contribution in [2.24, 2.45) is 11.7 Å². The molecule has 1 saturated carbocycles. The van der Waals surface area contributed by atoms with Crippen molar-refractivity contribution in [3.05, 3.63) is 11.6 Å². The van der Waals surface area contributed by atoms with Crippen molar-refractivity contribution in [3.63, 3.8) is 0 Å². The highest BCUT2D eigenvalue weighted by atomic mass is 35.5. The summed E-state index contributed by atoms with van der Waals surface area (Å²) in [6.07, 6.45) is 7.49. The van der Waals surface area contributed by atoms with E-state index in [9.17, 15) is 4.79 Å². The van der Waals surface area contributed by atoms with Crippen LogP contribution in [-0.4, -0.2) is 39.5 Å². The fraction of sp³-hybridized carbons (Fsp3) is 0.824. The standard InChI is InChI=1S/C17H26Cl4N2O/c1-9(15(22)17(21)24)16(10-2-4-11(18)5-3-10)23-14-7-6-12(19)8-13(14)20/h2,9,11-16,23H,3-8,22H2,1H3. The number of nitrogens with one attached hydrogen (secondary N) is 1. The monoisotopic (exact) mass is 414 g/mol. The predicted molar refractivity (Wildman–Crippen MR) is 103 cm³/mol. The van der Waals surface area contributed by atoms with Gasteiger partial charge in [-0.15, -0.1) is 34.8 Å². The van der Waals surface area contributed by atoms with Gasteiger partial charge in [0.1, 0.15) is 0 Å². The molecule has 0 saturated heterocycles. The lowest BCUT2D eigenvalue weighted by Gasteiger charge is -2.39. The first kappa shape index (κ1) is 20.8. The quantitative estimate of drug-likeness (QED) is 0.389. The summed E-state index contributed by atoms with van der Waals surface area (Å²) in [5.74, 6) is -0.120. The zero-order valence-electron chi connectivity index (χ0n) is 13.9. The van der Waals surface area contributed by atoms with Crippen LogP contribution < -0.4 is 11.1 Å². The summed E-state index contributed by atoms with van der Waals surface area (Å²) in [7, 11) is 0. The van der Waals surface area contributed by atoms with Crippen molar-refractivity contribution in [1.82, 2.24) is 5.32 Å². The van der Waals surface area contributed by atoms with Crippen LogP contribution in [-0.2, 0) is 4.79 Å². The molecule has 0 aromatic heterocycles. The fourth-order valence-electron chi connectivity index (χ4n) is 3.60. The Morgan fingerprint density at radius 1 is 1.25 bits per heavy atom. The molecule has 0 radical (unpaired) electrons. The molecule has 2 aliphatic carbocycles. The molecule has 7 unspecified atom stereocenters. The molecule has 0 amide bonds. The second-order valence-electron chi connectivity index (χ2n) is 7.02. The molecule has 1 fully saturated rings. The van der Waals surface area contributed by atoms with Gasteiger partial charge < -0.3 is 11.1 Å². The van der Waals surface area contributed by atoms with E-state index in [1.54, 1.807) is 0 Å². The second kappa shape index (κ2) is 9.43. The normalized spacial score (nSPS) is 35.0. The van der Waals surface area contributed by atoms with Gasteiger partial charge in [-0.05, 0) is 56.0 Å². The smallest absolute Gasteiger partial charge is 0.238 e. The molecule has 0 aromatic rings. The van der Waals surface area contributed by atoms with Gasteiger partial charge in [0.2, 0.25) is 5.24 Å². The Morgan fingerprint density at radius 2 is 1.96 bits per heavy atom. The summed E-state index contributed by atoms with van der Waals surface area (Å²) >= 11 is 24.6. The lowest BCUT2D eigenvalue weighted by Crippen LogP contribution is -2.54. The van der Waals surface area contributed by atoms with E-state index in [0.717, 1.165) is 38.5 Å². The van der Waals surface area contributed by atoms with E-state index in [-0.39, 0.29) is 34.1 Å². The Kier molecular flexibility index (Phi) is 8.17. The topological polar surface area (TPSA) is 55.1 Å². The minimum atomic E-state index is -0.711. The van der Waals surface area contributed by atoms with E-state index in [1.165, 1.54) is 5.57 Å². The lowest BCUT2D eigenvalue weighted by atomic mass is 9.82. The molecule has 3 nitrogen and oxygen atoms in total. The number of hydrogen-bond acceptors (Lipinski definition) is 3. The van der Waals surface area contributed by atoms with Crippen molar-refractivity contribution >= 4 is 51.6 Å². The fourth-order valence-corrected chi connectivity index (χ4v) is 4.82. The van der Waals surface area contributed by atoms with Crippen molar-refractivity contribution in [1.29, 1.82) is 0 Å². The van der Waals surface area contributed by atoms with E-state index in [2.05, 4.69) is 11.4 Å². The van der Waals surface area contributed by atoms with E-state index in [0.29, 0.717) is 0 Å². The number of allylic oxidation sites excluding steroid dienone is 1. The SMILES string of the molecule is CC(C(N)C(=O)Cl)C(NC1CCC(Cl)CC1Cl)C1=CCC(Cl)CC1. The average molecular weight is 416 g/mol. The van der Waals surface area contributed by atoms with Crippen LogP contribution in [0.1, 0.15) is 45.4 Å². The van der Waals surface area contributed by atoms with Crippen LogP contribution in [0.2, 0.25) is 0 Å². The minimum Gasteiger partial charge on any atom is -0.320 e. The number of hydrogen-bond donors (Lipinski definition) is 2. The highest BCUT2D eigenvalue weighted by Gasteiger charge is 2.35. The number of carbonyl (C=O) groups is 1. The average Bonchev–Trinajstić information content (AvgIpc) is 2.54. The van der Waals surface area contributed by atoms with E-state index in [1.807, 2.05) is 6.92 Å². The molecule has 0 aromatic carbocycles. The first-order valence-corrected chi connectivity index (χ1v) is 10.3. The maximum absolute atomic E-state index is 11.6. The van der Waals surface area contributed by atoms with Crippen LogP contribution in [0.3, 0.4) is 0 Å². The van der Waals surface area contributed by atoms with Gasteiger partial charge in [0, 0.05) is 22.8 Å². The van der Waals surface area contributed by atoms with Gasteiger partial charge in [-0.2, -0.15) is 0 Å². The predicted octanol–water partition coefficient (Wildman–Crippen LogP) is 4.16. The van der Waals surface area contributed by atoms with Crippen LogP contribution in [0.15, 0.2) is 11.6 Å². The molecule has 3 N–H and O–H groups in total. The third kappa shape index (κ3) is 5.49. The van der Waals surface area contributed by atoms with Crippen LogP contribution in [0.5, 0.6) is 0 Å². The zero-order chi connectivity index (χ0) is 17.9. The zero-order valence-corrected chi connectivity index (χ0v) is 16.9. The van der Waals surface area contributed by atoms with Gasteiger partial charge in [0.05, 0.1) is 11.4 Å². The second-order valence-corrected chi connectivity index (χ2v) is 9.18. The summed E-state index contributed by atoms with van der Waals surface area (Å²) < 4.78 is 0. The molecular weight excluding hydrogens is 390 g/mol. The van der Waals surface area contributed by atoms with E-state index < -0.39 is 11.3 Å². The molecule has 7 heteroatoms. The molecule has 2 rings (SSSR count). The molecule has 0 bridgehead atoms. The minimum absolute atomic E-state index is 0.0232. The molecule has 0 aliphatic heterocycles. The van der Waals surface area contributed by atoms with Crippen LogP contribution in [0.25, 0.3) is 0 Å². The molecule has 24 heavy (non-hydrogen) atoms. The van der Waals surface area contributed by atoms with E-state index >= 15 is 0 Å². The Bertz CT molecular complexity index is 474. The van der Waals surface area contributed by atoms with Gasteiger partial charge in [0.15, 0.2) is 0 Å². The Hall–Kier alpha value is 0.490. The van der Waals surface area contributed by atoms with Crippen LogP contribution in [0.4, 0.5) is 0 Å².